The second-order valence-corrected chi connectivity index (χ2v) is 4.09. The molecule has 1 heterocycles. The molecule has 1 fully saturated rings. The van der Waals surface area contributed by atoms with Gasteiger partial charge in [0.05, 0.1) is 12.7 Å². The maximum atomic E-state index is 5.78. The summed E-state index contributed by atoms with van der Waals surface area (Å²) in [5.41, 5.74) is 0. The summed E-state index contributed by atoms with van der Waals surface area (Å²) in [6, 6.07) is 0.680. The fourth-order valence-corrected chi connectivity index (χ4v) is 2.02. The SMILES string of the molecule is CCCC(C)N1CCOC(CCl)C1. The Labute approximate surface area is 86.2 Å². The average molecular weight is 206 g/mol. The molecule has 2 nitrogen and oxygen atoms in total. The van der Waals surface area contributed by atoms with Crippen molar-refractivity contribution < 1.29 is 4.74 Å². The summed E-state index contributed by atoms with van der Waals surface area (Å²) in [4.78, 5) is 2.49. The molecule has 0 aromatic carbocycles. The van der Waals surface area contributed by atoms with Gasteiger partial charge in [0.2, 0.25) is 0 Å². The van der Waals surface area contributed by atoms with E-state index in [9.17, 15) is 0 Å². The zero-order chi connectivity index (χ0) is 9.68. The van der Waals surface area contributed by atoms with E-state index in [0.717, 1.165) is 19.7 Å². The highest BCUT2D eigenvalue weighted by Crippen LogP contribution is 2.13. The minimum atomic E-state index is 0.245. The van der Waals surface area contributed by atoms with E-state index < -0.39 is 0 Å². The molecule has 1 rings (SSSR count). The largest absolute Gasteiger partial charge is 0.374 e. The number of nitrogens with zero attached hydrogens (tertiary/aromatic N) is 1. The Kier molecular flexibility index (Phi) is 5.07. The predicted molar refractivity (Wildman–Crippen MR) is 56.4 cm³/mol. The van der Waals surface area contributed by atoms with E-state index in [1.54, 1.807) is 0 Å². The number of hydrogen-bond donors (Lipinski definition) is 0. The third-order valence-electron chi connectivity index (χ3n) is 2.67. The van der Waals surface area contributed by atoms with Gasteiger partial charge in [0.15, 0.2) is 0 Å². The van der Waals surface area contributed by atoms with E-state index >= 15 is 0 Å². The molecule has 2 unspecified atom stereocenters. The zero-order valence-corrected chi connectivity index (χ0v) is 9.39. The van der Waals surface area contributed by atoms with Crippen molar-refractivity contribution in [2.24, 2.45) is 0 Å². The van der Waals surface area contributed by atoms with Crippen molar-refractivity contribution in [1.29, 1.82) is 0 Å². The average Bonchev–Trinajstić information content (AvgIpc) is 2.18. The molecule has 0 saturated carbocycles. The van der Waals surface area contributed by atoms with Gasteiger partial charge in [-0.3, -0.25) is 4.90 Å². The third kappa shape index (κ3) is 3.45. The van der Waals surface area contributed by atoms with Crippen LogP contribution in [0.15, 0.2) is 0 Å². The maximum absolute atomic E-state index is 5.78. The summed E-state index contributed by atoms with van der Waals surface area (Å²) in [5.74, 6) is 0.620. The molecule has 2 atom stereocenters. The monoisotopic (exact) mass is 205 g/mol. The molecule has 78 valence electrons. The first-order valence-electron chi connectivity index (χ1n) is 5.19. The number of alkyl halides is 1. The lowest BCUT2D eigenvalue weighted by molar-refractivity contribution is -0.0308. The predicted octanol–water partition coefficient (Wildman–Crippen LogP) is 2.11. The van der Waals surface area contributed by atoms with Crippen molar-refractivity contribution in [1.82, 2.24) is 4.90 Å². The van der Waals surface area contributed by atoms with Crippen LogP contribution < -0.4 is 0 Å². The molecule has 1 saturated heterocycles. The van der Waals surface area contributed by atoms with E-state index in [1.807, 2.05) is 0 Å². The van der Waals surface area contributed by atoms with Gasteiger partial charge in [-0.1, -0.05) is 13.3 Å². The standard InChI is InChI=1S/C10H20ClNO/c1-3-4-9(2)12-5-6-13-10(7-11)8-12/h9-10H,3-8H2,1-2H3. The van der Waals surface area contributed by atoms with E-state index in [1.165, 1.54) is 12.8 Å². The first-order chi connectivity index (χ1) is 6.27. The van der Waals surface area contributed by atoms with Gasteiger partial charge >= 0.3 is 0 Å². The van der Waals surface area contributed by atoms with Crippen LogP contribution in [0.1, 0.15) is 26.7 Å². The summed E-state index contributed by atoms with van der Waals surface area (Å²) in [7, 11) is 0. The number of morpholine rings is 1. The van der Waals surface area contributed by atoms with Gasteiger partial charge in [-0.05, 0) is 13.3 Å². The second-order valence-electron chi connectivity index (χ2n) is 3.78. The van der Waals surface area contributed by atoms with Crippen LogP contribution in [-0.4, -0.2) is 42.6 Å². The van der Waals surface area contributed by atoms with E-state index in [0.29, 0.717) is 11.9 Å². The minimum absolute atomic E-state index is 0.245. The number of ether oxygens (including phenoxy) is 1. The number of halogens is 1. The lowest BCUT2D eigenvalue weighted by Crippen LogP contribution is -2.47. The third-order valence-corrected chi connectivity index (χ3v) is 3.02. The zero-order valence-electron chi connectivity index (χ0n) is 8.63. The van der Waals surface area contributed by atoms with E-state index in [2.05, 4.69) is 18.7 Å². The highest BCUT2D eigenvalue weighted by molar-refractivity contribution is 6.18. The molecule has 0 aromatic heterocycles. The molecule has 0 spiro atoms. The molecule has 0 N–H and O–H groups in total. The topological polar surface area (TPSA) is 12.5 Å². The maximum Gasteiger partial charge on any atom is 0.0837 e. The highest BCUT2D eigenvalue weighted by Gasteiger charge is 2.22. The summed E-state index contributed by atoms with van der Waals surface area (Å²) in [6.07, 6.45) is 2.77. The molecule has 0 aromatic rings. The summed E-state index contributed by atoms with van der Waals surface area (Å²) in [5, 5.41) is 0. The molecule has 0 aliphatic carbocycles. The van der Waals surface area contributed by atoms with Crippen molar-refractivity contribution in [2.75, 3.05) is 25.6 Å². The van der Waals surface area contributed by atoms with Gasteiger partial charge in [0, 0.05) is 25.0 Å². The fourth-order valence-electron chi connectivity index (χ4n) is 1.84. The Morgan fingerprint density at radius 3 is 3.00 bits per heavy atom. The summed E-state index contributed by atoms with van der Waals surface area (Å²) >= 11 is 5.78. The first kappa shape index (κ1) is 11.3. The van der Waals surface area contributed by atoms with Crippen LogP contribution in [-0.2, 0) is 4.74 Å². The molecule has 13 heavy (non-hydrogen) atoms. The quantitative estimate of drug-likeness (QED) is 0.652. The smallest absolute Gasteiger partial charge is 0.0837 e. The lowest BCUT2D eigenvalue weighted by Gasteiger charge is -2.36. The van der Waals surface area contributed by atoms with Crippen molar-refractivity contribution in [3.8, 4) is 0 Å². The van der Waals surface area contributed by atoms with E-state index in [-0.39, 0.29) is 6.10 Å². The van der Waals surface area contributed by atoms with Gasteiger partial charge < -0.3 is 4.74 Å². The van der Waals surface area contributed by atoms with E-state index in [4.69, 9.17) is 16.3 Å². The lowest BCUT2D eigenvalue weighted by atomic mass is 10.1. The Morgan fingerprint density at radius 2 is 2.38 bits per heavy atom. The van der Waals surface area contributed by atoms with Crippen LogP contribution in [0.5, 0.6) is 0 Å². The van der Waals surface area contributed by atoms with Crippen molar-refractivity contribution >= 4 is 11.6 Å². The Morgan fingerprint density at radius 1 is 1.62 bits per heavy atom. The molecular weight excluding hydrogens is 186 g/mol. The molecule has 1 aliphatic heterocycles. The molecular formula is C10H20ClNO. The Balaban J connectivity index is 2.32. The van der Waals surface area contributed by atoms with Gasteiger partial charge in [-0.2, -0.15) is 0 Å². The van der Waals surface area contributed by atoms with Crippen LogP contribution in [0.25, 0.3) is 0 Å². The molecule has 0 radical (unpaired) electrons. The highest BCUT2D eigenvalue weighted by atomic mass is 35.5. The second kappa shape index (κ2) is 5.84. The van der Waals surface area contributed by atoms with Gasteiger partial charge in [-0.15, -0.1) is 11.6 Å². The van der Waals surface area contributed by atoms with Crippen molar-refractivity contribution in [3.63, 3.8) is 0 Å². The first-order valence-corrected chi connectivity index (χ1v) is 5.73. The van der Waals surface area contributed by atoms with Gasteiger partial charge in [0.1, 0.15) is 0 Å². The summed E-state index contributed by atoms with van der Waals surface area (Å²) in [6.45, 7) is 7.43. The molecule has 3 heteroatoms. The minimum Gasteiger partial charge on any atom is -0.374 e. The summed E-state index contributed by atoms with van der Waals surface area (Å²) < 4.78 is 5.51. The fraction of sp³-hybridized carbons (Fsp3) is 1.00. The molecule has 1 aliphatic rings. The van der Waals surface area contributed by atoms with Crippen LogP contribution in [0.4, 0.5) is 0 Å². The number of hydrogen-bond acceptors (Lipinski definition) is 2. The Bertz CT molecular complexity index is 143. The van der Waals surface area contributed by atoms with Crippen LogP contribution in [0, 0.1) is 0 Å². The normalized spacial score (nSPS) is 27.5. The van der Waals surface area contributed by atoms with Crippen molar-refractivity contribution in [3.05, 3.63) is 0 Å². The van der Waals surface area contributed by atoms with Gasteiger partial charge in [-0.25, -0.2) is 0 Å². The van der Waals surface area contributed by atoms with Crippen LogP contribution in [0.2, 0.25) is 0 Å². The molecule has 0 bridgehead atoms. The van der Waals surface area contributed by atoms with Crippen LogP contribution >= 0.6 is 11.6 Å². The van der Waals surface area contributed by atoms with Gasteiger partial charge in [0.25, 0.3) is 0 Å². The number of rotatable bonds is 4. The van der Waals surface area contributed by atoms with Crippen molar-refractivity contribution in [2.45, 2.75) is 38.8 Å². The Hall–Kier alpha value is 0.210. The van der Waals surface area contributed by atoms with Crippen LogP contribution in [0.3, 0.4) is 0 Å². The molecule has 0 amide bonds.